The fourth-order valence-electron chi connectivity index (χ4n) is 1.21. The van der Waals surface area contributed by atoms with Crippen LogP contribution in [-0.2, 0) is 6.54 Å². The topological polar surface area (TPSA) is 58.0 Å². The predicted octanol–water partition coefficient (Wildman–Crippen LogP) is 1.04. The Balaban J connectivity index is 2.26. The number of nitrogens with zero attached hydrogens (tertiary/aromatic N) is 2. The molecule has 0 aromatic carbocycles. The summed E-state index contributed by atoms with van der Waals surface area (Å²) in [7, 11) is 0. The number of aliphatic hydroxyl groups is 1. The largest absolute Gasteiger partial charge is 0.390 e. The number of rotatable bonds is 5. The third kappa shape index (κ3) is 5.44. The molecular formula is C11H19N3O. The summed E-state index contributed by atoms with van der Waals surface area (Å²) in [4.78, 5) is 8.30. The van der Waals surface area contributed by atoms with E-state index in [-0.39, 0.29) is 0 Å². The molecule has 15 heavy (non-hydrogen) atoms. The quantitative estimate of drug-likeness (QED) is 0.711. The van der Waals surface area contributed by atoms with E-state index in [0.29, 0.717) is 0 Å². The number of aryl methyl sites for hydroxylation is 1. The molecular weight excluding hydrogens is 190 g/mol. The molecule has 4 heteroatoms. The molecule has 0 bridgehead atoms. The molecule has 0 atom stereocenters. The standard InChI is InChI=1S/C11H19N3O/c1-9-13-6-4-10(14-9)8-12-7-5-11(2,3)15/h4,6,12,15H,5,7-8H2,1-3H3. The van der Waals surface area contributed by atoms with Crippen molar-refractivity contribution in [2.24, 2.45) is 0 Å². The van der Waals surface area contributed by atoms with Gasteiger partial charge in [0.1, 0.15) is 5.82 Å². The lowest BCUT2D eigenvalue weighted by molar-refractivity contribution is 0.0711. The van der Waals surface area contributed by atoms with Crippen LogP contribution in [0.1, 0.15) is 31.8 Å². The van der Waals surface area contributed by atoms with Gasteiger partial charge in [0.05, 0.1) is 11.3 Å². The molecule has 0 saturated carbocycles. The molecule has 0 spiro atoms. The molecule has 0 radical (unpaired) electrons. The van der Waals surface area contributed by atoms with Crippen molar-refractivity contribution >= 4 is 0 Å². The van der Waals surface area contributed by atoms with Crippen LogP contribution < -0.4 is 5.32 Å². The molecule has 0 saturated heterocycles. The Kier molecular flexibility index (Phi) is 4.17. The summed E-state index contributed by atoms with van der Waals surface area (Å²) < 4.78 is 0. The molecule has 1 rings (SSSR count). The second kappa shape index (κ2) is 5.19. The minimum Gasteiger partial charge on any atom is -0.390 e. The van der Waals surface area contributed by atoms with Crippen LogP contribution in [0.2, 0.25) is 0 Å². The highest BCUT2D eigenvalue weighted by Gasteiger charge is 2.10. The average Bonchev–Trinajstić information content (AvgIpc) is 2.11. The van der Waals surface area contributed by atoms with Gasteiger partial charge in [-0.25, -0.2) is 9.97 Å². The van der Waals surface area contributed by atoms with E-state index >= 15 is 0 Å². The van der Waals surface area contributed by atoms with Gasteiger partial charge in [-0.15, -0.1) is 0 Å². The minimum atomic E-state index is -0.603. The Morgan fingerprint density at radius 1 is 1.47 bits per heavy atom. The second-order valence-electron chi connectivity index (χ2n) is 4.33. The van der Waals surface area contributed by atoms with E-state index in [0.717, 1.165) is 31.0 Å². The molecule has 84 valence electrons. The lowest BCUT2D eigenvalue weighted by atomic mass is 10.1. The Hall–Kier alpha value is -1.00. The van der Waals surface area contributed by atoms with E-state index in [2.05, 4.69) is 15.3 Å². The maximum absolute atomic E-state index is 9.49. The summed E-state index contributed by atoms with van der Waals surface area (Å²) >= 11 is 0. The Morgan fingerprint density at radius 2 is 2.20 bits per heavy atom. The first-order valence-corrected chi connectivity index (χ1v) is 5.19. The maximum Gasteiger partial charge on any atom is 0.125 e. The smallest absolute Gasteiger partial charge is 0.125 e. The van der Waals surface area contributed by atoms with Crippen LogP contribution in [0.15, 0.2) is 12.3 Å². The van der Waals surface area contributed by atoms with Gasteiger partial charge in [-0.05, 0) is 39.8 Å². The van der Waals surface area contributed by atoms with Crippen LogP contribution in [0.5, 0.6) is 0 Å². The van der Waals surface area contributed by atoms with Gasteiger partial charge in [-0.3, -0.25) is 0 Å². The maximum atomic E-state index is 9.49. The van der Waals surface area contributed by atoms with Crippen molar-refractivity contribution in [3.05, 3.63) is 23.8 Å². The molecule has 0 aliphatic heterocycles. The van der Waals surface area contributed by atoms with Crippen molar-refractivity contribution < 1.29 is 5.11 Å². The first-order valence-electron chi connectivity index (χ1n) is 5.19. The van der Waals surface area contributed by atoms with Crippen molar-refractivity contribution in [1.29, 1.82) is 0 Å². The summed E-state index contributed by atoms with van der Waals surface area (Å²) in [5.41, 5.74) is 0.382. The van der Waals surface area contributed by atoms with Crippen molar-refractivity contribution in [3.8, 4) is 0 Å². The number of nitrogens with one attached hydrogen (secondary N) is 1. The molecule has 4 nitrogen and oxygen atoms in total. The lowest BCUT2D eigenvalue weighted by Gasteiger charge is -2.16. The van der Waals surface area contributed by atoms with Gasteiger partial charge in [0.2, 0.25) is 0 Å². The van der Waals surface area contributed by atoms with Crippen molar-refractivity contribution in [1.82, 2.24) is 15.3 Å². The van der Waals surface area contributed by atoms with E-state index in [4.69, 9.17) is 0 Å². The molecule has 0 amide bonds. The average molecular weight is 209 g/mol. The van der Waals surface area contributed by atoms with Gasteiger partial charge < -0.3 is 10.4 Å². The molecule has 0 aliphatic carbocycles. The molecule has 1 heterocycles. The molecule has 1 aromatic heterocycles. The summed E-state index contributed by atoms with van der Waals surface area (Å²) in [6, 6.07) is 1.89. The molecule has 0 unspecified atom stereocenters. The van der Waals surface area contributed by atoms with Crippen LogP contribution in [0.3, 0.4) is 0 Å². The highest BCUT2D eigenvalue weighted by atomic mass is 16.3. The van der Waals surface area contributed by atoms with E-state index in [1.54, 1.807) is 6.20 Å². The SMILES string of the molecule is Cc1nccc(CNCCC(C)(C)O)n1. The lowest BCUT2D eigenvalue weighted by Crippen LogP contribution is -2.26. The van der Waals surface area contributed by atoms with Crippen molar-refractivity contribution in [3.63, 3.8) is 0 Å². The summed E-state index contributed by atoms with van der Waals surface area (Å²) in [5, 5.41) is 12.7. The second-order valence-corrected chi connectivity index (χ2v) is 4.33. The number of hydrogen-bond acceptors (Lipinski definition) is 4. The van der Waals surface area contributed by atoms with Crippen molar-refractivity contribution in [2.75, 3.05) is 6.54 Å². The Labute approximate surface area is 90.8 Å². The van der Waals surface area contributed by atoms with Gasteiger partial charge in [0.25, 0.3) is 0 Å². The van der Waals surface area contributed by atoms with Gasteiger partial charge >= 0.3 is 0 Å². The van der Waals surface area contributed by atoms with Gasteiger partial charge in [-0.1, -0.05) is 0 Å². The zero-order valence-corrected chi connectivity index (χ0v) is 9.62. The van der Waals surface area contributed by atoms with Crippen LogP contribution in [-0.4, -0.2) is 27.2 Å². The zero-order chi connectivity index (χ0) is 11.3. The summed E-state index contributed by atoms with van der Waals surface area (Å²) in [5.74, 6) is 0.789. The summed E-state index contributed by atoms with van der Waals surface area (Å²) in [6.45, 7) is 7.00. The van der Waals surface area contributed by atoms with E-state index in [9.17, 15) is 5.11 Å². The highest BCUT2D eigenvalue weighted by Crippen LogP contribution is 2.05. The van der Waals surface area contributed by atoms with Crippen molar-refractivity contribution in [2.45, 2.75) is 39.3 Å². The van der Waals surface area contributed by atoms with Crippen LogP contribution in [0.4, 0.5) is 0 Å². The third-order valence-electron chi connectivity index (χ3n) is 2.05. The van der Waals surface area contributed by atoms with Crippen LogP contribution in [0, 0.1) is 6.92 Å². The van der Waals surface area contributed by atoms with Gasteiger partial charge in [0, 0.05) is 12.7 Å². The zero-order valence-electron chi connectivity index (χ0n) is 9.62. The number of hydrogen-bond donors (Lipinski definition) is 2. The van der Waals surface area contributed by atoms with E-state index in [1.807, 2.05) is 26.8 Å². The Morgan fingerprint density at radius 3 is 2.80 bits per heavy atom. The first-order chi connectivity index (χ1) is 6.97. The minimum absolute atomic E-state index is 0.603. The van der Waals surface area contributed by atoms with Crippen LogP contribution in [0.25, 0.3) is 0 Å². The predicted molar refractivity (Wildman–Crippen MR) is 59.4 cm³/mol. The molecule has 1 aromatic rings. The summed E-state index contributed by atoms with van der Waals surface area (Å²) in [6.07, 6.45) is 2.49. The number of aromatic nitrogens is 2. The van der Waals surface area contributed by atoms with Gasteiger partial charge in [-0.2, -0.15) is 0 Å². The van der Waals surface area contributed by atoms with Crippen LogP contribution >= 0.6 is 0 Å². The monoisotopic (exact) mass is 209 g/mol. The fraction of sp³-hybridized carbons (Fsp3) is 0.636. The Bertz CT molecular complexity index is 307. The molecule has 0 fully saturated rings. The first kappa shape index (κ1) is 12.1. The molecule has 2 N–H and O–H groups in total. The van der Waals surface area contributed by atoms with Gasteiger partial charge in [0.15, 0.2) is 0 Å². The fourth-order valence-corrected chi connectivity index (χ4v) is 1.21. The molecule has 0 aliphatic rings. The van der Waals surface area contributed by atoms with E-state index < -0.39 is 5.60 Å². The third-order valence-corrected chi connectivity index (χ3v) is 2.05. The van der Waals surface area contributed by atoms with E-state index in [1.165, 1.54) is 0 Å². The normalized spacial score (nSPS) is 11.7. The highest BCUT2D eigenvalue weighted by molar-refractivity contribution is 5.00.